The summed E-state index contributed by atoms with van der Waals surface area (Å²) in [5.41, 5.74) is 0.972. The molecule has 2 aromatic carbocycles. The van der Waals surface area contributed by atoms with E-state index in [9.17, 15) is 23.1 Å². The van der Waals surface area contributed by atoms with Gasteiger partial charge in [0.25, 0.3) is 5.91 Å². The van der Waals surface area contributed by atoms with E-state index in [2.05, 4.69) is 5.32 Å². The molecule has 1 N–H and O–H groups in total. The first-order valence-electron chi connectivity index (χ1n) is 7.51. The highest BCUT2D eigenvalue weighted by atomic mass is 32.2. The highest BCUT2D eigenvalue weighted by Crippen LogP contribution is 2.38. The summed E-state index contributed by atoms with van der Waals surface area (Å²) in [6, 6.07) is 6.66. The average molecular weight is 345 g/mol. The van der Waals surface area contributed by atoms with Crippen LogP contribution in [-0.4, -0.2) is 37.2 Å². The zero-order valence-corrected chi connectivity index (χ0v) is 13.3. The molecule has 1 saturated heterocycles. The molecular formula is C16H13N2O5S-. The number of amides is 1. The van der Waals surface area contributed by atoms with Crippen molar-refractivity contribution >= 4 is 38.4 Å². The monoisotopic (exact) mass is 345 g/mol. The van der Waals surface area contributed by atoms with Crippen LogP contribution in [-0.2, 0) is 14.8 Å². The van der Waals surface area contributed by atoms with Crippen LogP contribution in [0.4, 0.5) is 5.69 Å². The standard InChI is InChI=1S/C16H14N2O5S/c19-15-10-4-1-3-9-13(7-6-11(17-15)14(9)10)24(22,23)18-8-2-5-12(18)16(20)21/h1,3-4,6-7,12H,2,5,8H2,(H,17,19)(H,20,21)/p-1/t12-/m1/s1. The number of nitrogens with zero attached hydrogens (tertiary/aromatic N) is 1. The van der Waals surface area contributed by atoms with E-state index in [1.54, 1.807) is 18.2 Å². The molecule has 24 heavy (non-hydrogen) atoms. The Morgan fingerprint density at radius 1 is 1.25 bits per heavy atom. The second-order valence-corrected chi connectivity index (χ2v) is 7.75. The van der Waals surface area contributed by atoms with E-state index < -0.39 is 22.0 Å². The smallest absolute Gasteiger partial charge is 0.256 e. The molecular weight excluding hydrogens is 332 g/mol. The van der Waals surface area contributed by atoms with Gasteiger partial charge in [0, 0.05) is 28.6 Å². The Hall–Kier alpha value is -2.45. The number of carbonyl (C=O) groups excluding carboxylic acids is 2. The number of hydrogen-bond acceptors (Lipinski definition) is 5. The molecule has 0 spiro atoms. The predicted molar refractivity (Wildman–Crippen MR) is 83.8 cm³/mol. The fourth-order valence-electron chi connectivity index (χ4n) is 3.48. The Labute approximate surface area is 137 Å². The molecule has 2 heterocycles. The minimum Gasteiger partial charge on any atom is -0.548 e. The minimum atomic E-state index is -4.01. The van der Waals surface area contributed by atoms with Gasteiger partial charge in [-0.3, -0.25) is 4.79 Å². The molecule has 0 bridgehead atoms. The first kappa shape index (κ1) is 15.1. The minimum absolute atomic E-state index is 0.00718. The van der Waals surface area contributed by atoms with Crippen molar-refractivity contribution in [1.82, 2.24) is 4.31 Å². The van der Waals surface area contributed by atoms with Gasteiger partial charge in [-0.25, -0.2) is 8.42 Å². The van der Waals surface area contributed by atoms with Gasteiger partial charge in [0.1, 0.15) is 0 Å². The number of carbonyl (C=O) groups is 2. The van der Waals surface area contributed by atoms with Crippen LogP contribution in [0.1, 0.15) is 23.2 Å². The molecule has 2 aliphatic heterocycles. The van der Waals surface area contributed by atoms with Crippen LogP contribution in [0.25, 0.3) is 10.8 Å². The van der Waals surface area contributed by atoms with Crippen molar-refractivity contribution < 1.29 is 23.1 Å². The second-order valence-electron chi connectivity index (χ2n) is 5.89. The maximum absolute atomic E-state index is 13.0. The van der Waals surface area contributed by atoms with E-state index in [1.165, 1.54) is 12.1 Å². The van der Waals surface area contributed by atoms with E-state index in [1.807, 2.05) is 0 Å². The Bertz CT molecular complexity index is 999. The zero-order valence-electron chi connectivity index (χ0n) is 12.5. The molecule has 0 saturated carbocycles. The van der Waals surface area contributed by atoms with Crippen LogP contribution in [0.2, 0.25) is 0 Å². The summed E-state index contributed by atoms with van der Waals surface area (Å²) in [6.07, 6.45) is 0.710. The predicted octanol–water partition coefficient (Wildman–Crippen LogP) is 0.308. The average Bonchev–Trinajstić information content (AvgIpc) is 3.15. The highest BCUT2D eigenvalue weighted by Gasteiger charge is 2.37. The zero-order chi connectivity index (χ0) is 17.1. The number of aliphatic carboxylic acids is 1. The summed E-state index contributed by atoms with van der Waals surface area (Å²) in [5.74, 6) is -1.67. The SMILES string of the molecule is O=C1Nc2ccc(S(=O)(=O)N3CCC[C@@H]3C(=O)[O-])c3cccc1c23. The molecule has 2 aromatic rings. The van der Waals surface area contributed by atoms with E-state index in [0.717, 1.165) is 4.31 Å². The number of benzene rings is 2. The van der Waals surface area contributed by atoms with Crippen LogP contribution in [0.5, 0.6) is 0 Å². The lowest BCUT2D eigenvalue weighted by atomic mass is 10.1. The molecule has 8 heteroatoms. The topological polar surface area (TPSA) is 107 Å². The Kier molecular flexibility index (Phi) is 3.16. The molecule has 1 atom stereocenters. The van der Waals surface area contributed by atoms with Crippen molar-refractivity contribution in [3.05, 3.63) is 35.9 Å². The first-order chi connectivity index (χ1) is 11.4. The van der Waals surface area contributed by atoms with Crippen LogP contribution >= 0.6 is 0 Å². The molecule has 124 valence electrons. The summed E-state index contributed by atoms with van der Waals surface area (Å²) in [4.78, 5) is 23.2. The van der Waals surface area contributed by atoms with Crippen LogP contribution in [0, 0.1) is 0 Å². The number of hydrogen-bond donors (Lipinski definition) is 1. The number of anilines is 1. The molecule has 1 amide bonds. The third kappa shape index (κ3) is 1.96. The Morgan fingerprint density at radius 3 is 2.79 bits per heavy atom. The highest BCUT2D eigenvalue weighted by molar-refractivity contribution is 7.89. The van der Waals surface area contributed by atoms with Crippen molar-refractivity contribution in [2.24, 2.45) is 0 Å². The Morgan fingerprint density at radius 2 is 2.04 bits per heavy atom. The lowest BCUT2D eigenvalue weighted by molar-refractivity contribution is -0.309. The van der Waals surface area contributed by atoms with Crippen molar-refractivity contribution in [2.45, 2.75) is 23.8 Å². The number of nitrogens with one attached hydrogen (secondary N) is 1. The molecule has 0 unspecified atom stereocenters. The molecule has 0 radical (unpaired) electrons. The van der Waals surface area contributed by atoms with Crippen molar-refractivity contribution in [3.8, 4) is 0 Å². The molecule has 1 fully saturated rings. The number of sulfonamides is 1. The van der Waals surface area contributed by atoms with Crippen LogP contribution in [0.15, 0.2) is 35.2 Å². The maximum atomic E-state index is 13.0. The van der Waals surface area contributed by atoms with Crippen molar-refractivity contribution in [1.29, 1.82) is 0 Å². The van der Waals surface area contributed by atoms with Gasteiger partial charge >= 0.3 is 0 Å². The number of rotatable bonds is 3. The van der Waals surface area contributed by atoms with Gasteiger partial charge in [-0.15, -0.1) is 0 Å². The summed E-state index contributed by atoms with van der Waals surface area (Å²) >= 11 is 0. The summed E-state index contributed by atoms with van der Waals surface area (Å²) in [5, 5.41) is 14.9. The molecule has 0 aromatic heterocycles. The van der Waals surface area contributed by atoms with Gasteiger partial charge in [-0.05, 0) is 31.0 Å². The van der Waals surface area contributed by atoms with Crippen molar-refractivity contribution in [2.75, 3.05) is 11.9 Å². The molecule has 0 aliphatic carbocycles. The van der Waals surface area contributed by atoms with Gasteiger partial charge < -0.3 is 15.2 Å². The van der Waals surface area contributed by atoms with Gasteiger partial charge in [0.15, 0.2) is 0 Å². The van der Waals surface area contributed by atoms with Gasteiger partial charge in [0.2, 0.25) is 10.0 Å². The van der Waals surface area contributed by atoms with E-state index in [4.69, 9.17) is 0 Å². The fraction of sp³-hybridized carbons (Fsp3) is 0.250. The first-order valence-corrected chi connectivity index (χ1v) is 8.95. The van der Waals surface area contributed by atoms with E-state index in [-0.39, 0.29) is 23.8 Å². The van der Waals surface area contributed by atoms with Crippen LogP contribution < -0.4 is 10.4 Å². The lowest BCUT2D eigenvalue weighted by Gasteiger charge is -2.25. The summed E-state index contributed by atoms with van der Waals surface area (Å²) in [7, 11) is -4.01. The number of carboxylic acid groups (broad SMARTS) is 1. The van der Waals surface area contributed by atoms with Gasteiger partial charge in [-0.1, -0.05) is 12.1 Å². The largest absolute Gasteiger partial charge is 0.548 e. The van der Waals surface area contributed by atoms with E-state index in [0.29, 0.717) is 28.4 Å². The third-order valence-corrected chi connectivity index (χ3v) is 6.52. The summed E-state index contributed by atoms with van der Waals surface area (Å²) in [6.45, 7) is 0.140. The quantitative estimate of drug-likeness (QED) is 0.861. The van der Waals surface area contributed by atoms with E-state index >= 15 is 0 Å². The summed E-state index contributed by atoms with van der Waals surface area (Å²) < 4.78 is 27.0. The third-order valence-electron chi connectivity index (χ3n) is 4.56. The lowest BCUT2D eigenvalue weighted by Crippen LogP contribution is -2.46. The van der Waals surface area contributed by atoms with Crippen LogP contribution in [0.3, 0.4) is 0 Å². The number of carboxylic acids is 1. The van der Waals surface area contributed by atoms with Gasteiger partial charge in [-0.2, -0.15) is 4.31 Å². The molecule has 4 rings (SSSR count). The second kappa shape index (κ2) is 5.02. The molecule has 2 aliphatic rings. The Balaban J connectivity index is 1.93. The van der Waals surface area contributed by atoms with Gasteiger partial charge in [0.05, 0.1) is 16.9 Å². The normalized spacial score (nSPS) is 20.5. The van der Waals surface area contributed by atoms with Crippen molar-refractivity contribution in [3.63, 3.8) is 0 Å². The maximum Gasteiger partial charge on any atom is 0.256 e. The molecule has 7 nitrogen and oxygen atoms in total. The fourth-order valence-corrected chi connectivity index (χ4v) is 5.31.